The van der Waals surface area contributed by atoms with E-state index in [0.29, 0.717) is 18.7 Å². The van der Waals surface area contributed by atoms with Crippen LogP contribution >= 0.6 is 11.3 Å². The fourth-order valence-electron chi connectivity index (χ4n) is 2.60. The fourth-order valence-corrected chi connectivity index (χ4v) is 3.20. The topological polar surface area (TPSA) is 69.6 Å². The largest absolute Gasteiger partial charge is 0.352 e. The van der Waals surface area contributed by atoms with Crippen molar-refractivity contribution in [2.24, 2.45) is 4.99 Å². The van der Waals surface area contributed by atoms with Gasteiger partial charge in [-0.1, -0.05) is 12.1 Å². The van der Waals surface area contributed by atoms with E-state index in [1.807, 2.05) is 63.9 Å². The Labute approximate surface area is 165 Å². The molecule has 0 saturated heterocycles. The molecule has 2 aromatic rings. The quantitative estimate of drug-likeness (QED) is 0.611. The summed E-state index contributed by atoms with van der Waals surface area (Å²) in [5, 5.41) is 9.46. The minimum Gasteiger partial charge on any atom is -0.352 e. The Hall–Kier alpha value is -2.41. The molecular weight excluding hydrogens is 358 g/mol. The van der Waals surface area contributed by atoms with Crippen molar-refractivity contribution in [1.82, 2.24) is 20.5 Å². The maximum atomic E-state index is 12.4. The molecule has 1 aromatic carbocycles. The highest BCUT2D eigenvalue weighted by Crippen LogP contribution is 2.11. The second-order valence-corrected chi connectivity index (χ2v) is 8.58. The van der Waals surface area contributed by atoms with Crippen LogP contribution in [0.4, 0.5) is 0 Å². The standard InChI is InChI=1S/C20H29N5OS/c1-14-23-17(13-27-14)12-25(6)19(21-5)22-11-15-8-7-9-16(10-15)18(26)24-20(2,3)4/h7-10,13H,11-12H2,1-6H3,(H,21,22)(H,24,26). The predicted octanol–water partition coefficient (Wildman–Crippen LogP) is 3.19. The molecule has 6 nitrogen and oxygen atoms in total. The molecule has 0 saturated carbocycles. The molecule has 7 heteroatoms. The van der Waals surface area contributed by atoms with Gasteiger partial charge in [-0.3, -0.25) is 9.79 Å². The lowest BCUT2D eigenvalue weighted by Crippen LogP contribution is -2.40. The number of aromatic nitrogens is 1. The number of nitrogens with zero attached hydrogens (tertiary/aromatic N) is 3. The number of aliphatic imine (C=N–C) groups is 1. The van der Waals surface area contributed by atoms with Crippen molar-refractivity contribution >= 4 is 23.2 Å². The highest BCUT2D eigenvalue weighted by Gasteiger charge is 2.15. The number of carbonyl (C=O) groups excluding carboxylic acids is 1. The monoisotopic (exact) mass is 387 g/mol. The molecule has 2 rings (SSSR count). The van der Waals surface area contributed by atoms with E-state index < -0.39 is 0 Å². The first-order valence-electron chi connectivity index (χ1n) is 8.92. The zero-order valence-corrected chi connectivity index (χ0v) is 17.8. The zero-order chi connectivity index (χ0) is 20.0. The van der Waals surface area contributed by atoms with Gasteiger partial charge >= 0.3 is 0 Å². The van der Waals surface area contributed by atoms with Gasteiger partial charge in [0.2, 0.25) is 0 Å². The molecule has 1 heterocycles. The van der Waals surface area contributed by atoms with E-state index in [2.05, 4.69) is 26.0 Å². The van der Waals surface area contributed by atoms with E-state index in [9.17, 15) is 4.79 Å². The average molecular weight is 388 g/mol. The molecule has 0 radical (unpaired) electrons. The Morgan fingerprint density at radius 3 is 2.67 bits per heavy atom. The van der Waals surface area contributed by atoms with Gasteiger partial charge in [-0.25, -0.2) is 4.98 Å². The summed E-state index contributed by atoms with van der Waals surface area (Å²) in [5.74, 6) is 0.718. The van der Waals surface area contributed by atoms with Crippen molar-refractivity contribution in [2.45, 2.75) is 46.3 Å². The van der Waals surface area contributed by atoms with E-state index >= 15 is 0 Å². The normalized spacial score (nSPS) is 12.0. The van der Waals surface area contributed by atoms with Crippen molar-refractivity contribution < 1.29 is 4.79 Å². The SMILES string of the molecule is CN=C(NCc1cccc(C(=O)NC(C)(C)C)c1)N(C)Cc1csc(C)n1. The third-order valence-corrected chi connectivity index (χ3v) is 4.59. The smallest absolute Gasteiger partial charge is 0.251 e. The Balaban J connectivity index is 1.98. The molecule has 0 aliphatic carbocycles. The number of guanidine groups is 1. The second-order valence-electron chi connectivity index (χ2n) is 7.52. The maximum Gasteiger partial charge on any atom is 0.251 e. The third-order valence-electron chi connectivity index (χ3n) is 3.77. The molecule has 1 amide bonds. The summed E-state index contributed by atoms with van der Waals surface area (Å²) in [7, 11) is 3.75. The van der Waals surface area contributed by atoms with Crippen LogP contribution in [0.3, 0.4) is 0 Å². The Morgan fingerprint density at radius 2 is 2.07 bits per heavy atom. The van der Waals surface area contributed by atoms with Crippen LogP contribution in [-0.2, 0) is 13.1 Å². The van der Waals surface area contributed by atoms with Crippen LogP contribution in [0.25, 0.3) is 0 Å². The molecule has 146 valence electrons. The van der Waals surface area contributed by atoms with Crippen LogP contribution in [0, 0.1) is 6.92 Å². The first-order chi connectivity index (χ1) is 12.7. The minimum absolute atomic E-state index is 0.0650. The lowest BCUT2D eigenvalue weighted by atomic mass is 10.1. The van der Waals surface area contributed by atoms with Gasteiger partial charge in [0.1, 0.15) is 0 Å². The van der Waals surface area contributed by atoms with Gasteiger partial charge in [-0.05, 0) is 45.4 Å². The van der Waals surface area contributed by atoms with Gasteiger partial charge in [0.05, 0.1) is 17.2 Å². The lowest BCUT2D eigenvalue weighted by molar-refractivity contribution is 0.0919. The average Bonchev–Trinajstić information content (AvgIpc) is 2.99. The number of nitrogens with one attached hydrogen (secondary N) is 2. The van der Waals surface area contributed by atoms with Crippen molar-refractivity contribution in [3.8, 4) is 0 Å². The van der Waals surface area contributed by atoms with Crippen LogP contribution in [0.2, 0.25) is 0 Å². The summed E-state index contributed by atoms with van der Waals surface area (Å²) in [5.41, 5.74) is 2.45. The molecule has 0 bridgehead atoms. The van der Waals surface area contributed by atoms with Crippen molar-refractivity contribution in [2.75, 3.05) is 14.1 Å². The Kier molecular flexibility index (Phi) is 6.96. The highest BCUT2D eigenvalue weighted by molar-refractivity contribution is 7.09. The van der Waals surface area contributed by atoms with Crippen molar-refractivity contribution in [1.29, 1.82) is 0 Å². The van der Waals surface area contributed by atoms with Crippen LogP contribution in [-0.4, -0.2) is 41.4 Å². The van der Waals surface area contributed by atoms with Gasteiger partial charge in [-0.15, -0.1) is 11.3 Å². The number of rotatable bonds is 5. The van der Waals surface area contributed by atoms with E-state index in [1.165, 1.54) is 0 Å². The van der Waals surface area contributed by atoms with Gasteiger partial charge in [0.25, 0.3) is 5.91 Å². The molecule has 0 atom stereocenters. The number of hydrogen-bond acceptors (Lipinski definition) is 4. The third kappa shape index (κ3) is 6.67. The summed E-state index contributed by atoms with van der Waals surface area (Å²) in [6, 6.07) is 7.64. The van der Waals surface area contributed by atoms with E-state index in [0.717, 1.165) is 22.2 Å². The van der Waals surface area contributed by atoms with E-state index in [1.54, 1.807) is 18.4 Å². The van der Waals surface area contributed by atoms with Crippen LogP contribution in [0.5, 0.6) is 0 Å². The Morgan fingerprint density at radius 1 is 1.33 bits per heavy atom. The summed E-state index contributed by atoms with van der Waals surface area (Å²) < 4.78 is 0. The van der Waals surface area contributed by atoms with E-state index in [-0.39, 0.29) is 11.4 Å². The zero-order valence-electron chi connectivity index (χ0n) is 17.0. The molecule has 0 spiro atoms. The molecule has 27 heavy (non-hydrogen) atoms. The number of benzene rings is 1. The summed E-state index contributed by atoms with van der Waals surface area (Å²) in [6.45, 7) is 9.20. The lowest BCUT2D eigenvalue weighted by Gasteiger charge is -2.22. The second kappa shape index (κ2) is 8.99. The summed E-state index contributed by atoms with van der Waals surface area (Å²) >= 11 is 1.65. The van der Waals surface area contributed by atoms with Gasteiger partial charge in [0, 0.05) is 37.1 Å². The van der Waals surface area contributed by atoms with E-state index in [4.69, 9.17) is 0 Å². The first kappa shape index (κ1) is 20.9. The molecule has 1 aromatic heterocycles. The molecule has 0 aliphatic rings. The number of thiazole rings is 1. The van der Waals surface area contributed by atoms with Crippen LogP contribution in [0.1, 0.15) is 47.4 Å². The molecule has 0 aliphatic heterocycles. The number of carbonyl (C=O) groups is 1. The highest BCUT2D eigenvalue weighted by atomic mass is 32.1. The number of hydrogen-bond donors (Lipinski definition) is 2. The predicted molar refractivity (Wildman–Crippen MR) is 112 cm³/mol. The van der Waals surface area contributed by atoms with Crippen molar-refractivity contribution in [3.63, 3.8) is 0 Å². The van der Waals surface area contributed by atoms with Gasteiger partial charge < -0.3 is 15.5 Å². The van der Waals surface area contributed by atoms with Crippen LogP contribution in [0.15, 0.2) is 34.6 Å². The molecular formula is C20H29N5OS. The minimum atomic E-state index is -0.260. The van der Waals surface area contributed by atoms with Gasteiger partial charge in [-0.2, -0.15) is 0 Å². The Bertz CT molecular complexity index is 807. The van der Waals surface area contributed by atoms with Gasteiger partial charge in [0.15, 0.2) is 5.96 Å². The van der Waals surface area contributed by atoms with Crippen LogP contribution < -0.4 is 10.6 Å². The number of amides is 1. The molecule has 0 fully saturated rings. The van der Waals surface area contributed by atoms with Crippen molar-refractivity contribution in [3.05, 3.63) is 51.5 Å². The maximum absolute atomic E-state index is 12.4. The molecule has 2 N–H and O–H groups in total. The summed E-state index contributed by atoms with van der Waals surface area (Å²) in [4.78, 5) is 23.2. The first-order valence-corrected chi connectivity index (χ1v) is 9.80. The fraction of sp³-hybridized carbons (Fsp3) is 0.450. The number of aryl methyl sites for hydroxylation is 1. The molecule has 0 unspecified atom stereocenters. The summed E-state index contributed by atoms with van der Waals surface area (Å²) in [6.07, 6.45) is 0.